The Balaban J connectivity index is 1.03. The number of pyridine rings is 1. The average molecular weight is 982 g/mol. The number of ether oxygens (including phenoxy) is 1. The van der Waals surface area contributed by atoms with Crippen LogP contribution in [-0.2, 0) is 27.3 Å². The molecule has 4 aliphatic heterocycles. The van der Waals surface area contributed by atoms with Crippen LogP contribution < -0.4 is 31.7 Å². The van der Waals surface area contributed by atoms with Gasteiger partial charge in [-0.15, -0.1) is 0 Å². The molecule has 0 spiro atoms. The maximum absolute atomic E-state index is 14.5. The van der Waals surface area contributed by atoms with Gasteiger partial charge in [-0.1, -0.05) is 24.3 Å². The predicted octanol–water partition coefficient (Wildman–Crippen LogP) is 0.653. The number of phenolic OH excluding ortho intramolecular Hbond substituents is 1. The van der Waals surface area contributed by atoms with Crippen molar-refractivity contribution in [2.45, 2.75) is 101 Å². The first-order chi connectivity index (χ1) is 31.7. The van der Waals surface area contributed by atoms with Crippen LogP contribution in [0.5, 0.6) is 5.75 Å². The summed E-state index contributed by atoms with van der Waals surface area (Å²) in [7, 11) is 0. The molecule has 3 saturated heterocycles. The lowest BCUT2D eigenvalue weighted by atomic mass is 9.98. The second kappa shape index (κ2) is 22.1. The first kappa shape index (κ1) is 48.8. The number of unbranched alkanes of at least 4 members (excludes halogenated alkanes) is 1. The molecule has 7 rings (SSSR count). The molecule has 0 aliphatic carbocycles. The molecule has 6 amide bonds. The fraction of sp³-hybridized carbons (Fsp3) is 0.533. The van der Waals surface area contributed by atoms with E-state index < -0.39 is 61.3 Å². The third-order valence-electron chi connectivity index (χ3n) is 13.0. The van der Waals surface area contributed by atoms with Gasteiger partial charge in [0.05, 0.1) is 16.8 Å². The lowest BCUT2D eigenvalue weighted by molar-refractivity contribution is -0.236. The first-order valence-corrected chi connectivity index (χ1v) is 23.3. The van der Waals surface area contributed by atoms with Gasteiger partial charge in [0.1, 0.15) is 48.5 Å². The van der Waals surface area contributed by atoms with E-state index in [2.05, 4.69) is 41.8 Å². The summed E-state index contributed by atoms with van der Waals surface area (Å²) in [4.78, 5) is 67.6. The Bertz CT molecular complexity index is 2140. The van der Waals surface area contributed by atoms with Gasteiger partial charge in [0.2, 0.25) is 11.8 Å². The first-order valence-electron chi connectivity index (χ1n) is 22.5. The van der Waals surface area contributed by atoms with Crippen LogP contribution in [0, 0.1) is 6.92 Å². The average Bonchev–Trinajstić information content (AvgIpc) is 3.33. The van der Waals surface area contributed by atoms with Crippen molar-refractivity contribution in [2.24, 2.45) is 5.84 Å². The minimum atomic E-state index is -1.53. The third kappa shape index (κ3) is 11.3. The number of benzene rings is 2. The number of urea groups is 2. The summed E-state index contributed by atoms with van der Waals surface area (Å²) < 4.78 is 5.99. The molecule has 2 unspecified atom stereocenters. The second-order valence-electron chi connectivity index (χ2n) is 17.4. The summed E-state index contributed by atoms with van der Waals surface area (Å²) in [6.07, 6.45) is -1.02. The van der Waals surface area contributed by atoms with Crippen molar-refractivity contribution >= 4 is 51.2 Å². The molecule has 7 atom stereocenters. The Labute approximate surface area is 391 Å². The van der Waals surface area contributed by atoms with E-state index in [1.807, 2.05) is 30.3 Å². The highest BCUT2D eigenvalue weighted by Gasteiger charge is 2.43. The molecular formula is C45H61BrN10O10. The molecule has 5 heterocycles. The molecule has 21 heteroatoms. The third-order valence-corrected chi connectivity index (χ3v) is 13.6. The number of carbonyl (C=O) groups excluding carboxylic acids is 4. The summed E-state index contributed by atoms with van der Waals surface area (Å²) in [5, 5.41) is 61.0. The van der Waals surface area contributed by atoms with Crippen LogP contribution in [-0.4, -0.2) is 170 Å². The van der Waals surface area contributed by atoms with Crippen LogP contribution in [0.4, 0.5) is 21.0 Å². The predicted molar refractivity (Wildman–Crippen MR) is 246 cm³/mol. The summed E-state index contributed by atoms with van der Waals surface area (Å²) in [6.45, 7) is 4.41. The molecule has 10 N–H and O–H groups in total. The molecular weight excluding hydrogens is 920 g/mol. The number of nitrogens with one attached hydrogen (secondary N) is 3. The molecule has 358 valence electrons. The number of piperidine rings is 1. The maximum atomic E-state index is 14.5. The zero-order valence-corrected chi connectivity index (χ0v) is 38.5. The number of piperazine rings is 1. The van der Waals surface area contributed by atoms with E-state index in [-0.39, 0.29) is 43.1 Å². The fourth-order valence-electron chi connectivity index (χ4n) is 9.13. The molecule has 0 bridgehead atoms. The van der Waals surface area contributed by atoms with E-state index >= 15 is 0 Å². The van der Waals surface area contributed by atoms with Gasteiger partial charge in [0.15, 0.2) is 0 Å². The Hall–Kier alpha value is -5.13. The van der Waals surface area contributed by atoms with Crippen molar-refractivity contribution in [1.29, 1.82) is 0 Å². The summed E-state index contributed by atoms with van der Waals surface area (Å²) in [5.74, 6) is 5.40. The van der Waals surface area contributed by atoms with E-state index in [9.17, 15) is 44.7 Å². The number of hydrogen-bond acceptors (Lipinski definition) is 14. The normalized spacial score (nSPS) is 23.6. The number of rotatable bonds is 15. The number of likely N-dealkylation sites (tertiary alicyclic amines) is 1. The Kier molecular flexibility index (Phi) is 16.3. The number of carbonyl (C=O) groups is 4. The summed E-state index contributed by atoms with van der Waals surface area (Å²) in [6, 6.07) is 11.6. The number of aliphatic hydroxyl groups is 4. The van der Waals surface area contributed by atoms with Gasteiger partial charge < -0.3 is 60.5 Å². The number of amides is 6. The van der Waals surface area contributed by atoms with Crippen LogP contribution in [0.2, 0.25) is 0 Å². The summed E-state index contributed by atoms with van der Waals surface area (Å²) >= 11 is 3.39. The van der Waals surface area contributed by atoms with E-state index in [1.165, 1.54) is 0 Å². The molecule has 2 aromatic carbocycles. The number of aryl methyl sites for hydroxylation is 1. The van der Waals surface area contributed by atoms with Crippen molar-refractivity contribution in [3.05, 3.63) is 82.1 Å². The van der Waals surface area contributed by atoms with Gasteiger partial charge >= 0.3 is 12.1 Å². The van der Waals surface area contributed by atoms with Gasteiger partial charge in [-0.2, -0.15) is 0 Å². The monoisotopic (exact) mass is 980 g/mol. The zero-order valence-electron chi connectivity index (χ0n) is 36.9. The van der Waals surface area contributed by atoms with E-state index in [1.54, 1.807) is 52.2 Å². The molecule has 4 aliphatic rings. The molecule has 66 heavy (non-hydrogen) atoms. The van der Waals surface area contributed by atoms with Crippen LogP contribution in [0.1, 0.15) is 48.8 Å². The quantitative estimate of drug-likeness (QED) is 0.0576. The number of aromatic hydroxyl groups is 1. The van der Waals surface area contributed by atoms with Gasteiger partial charge in [0, 0.05) is 76.4 Å². The number of nitrogens with two attached hydrogens (primary N) is 1. The van der Waals surface area contributed by atoms with Crippen molar-refractivity contribution in [2.75, 3.05) is 62.3 Å². The number of hydrazine groups is 1. The molecule has 3 fully saturated rings. The number of para-hydroxylation sites is 1. The number of aliphatic hydroxyl groups excluding tert-OH is 4. The highest BCUT2D eigenvalue weighted by atomic mass is 79.9. The van der Waals surface area contributed by atoms with Crippen molar-refractivity contribution in [3.8, 4) is 5.75 Å². The number of aromatic nitrogens is 1. The molecule has 20 nitrogen and oxygen atoms in total. The largest absolute Gasteiger partial charge is 0.506 e. The van der Waals surface area contributed by atoms with Gasteiger partial charge in [-0.05, 0) is 102 Å². The van der Waals surface area contributed by atoms with E-state index in [0.29, 0.717) is 92.8 Å². The Morgan fingerprint density at radius 3 is 2.32 bits per heavy atom. The van der Waals surface area contributed by atoms with Crippen LogP contribution in [0.15, 0.2) is 65.4 Å². The zero-order chi connectivity index (χ0) is 47.1. The minimum absolute atomic E-state index is 0.0380. The number of halogens is 1. The number of fused-ring (bicyclic) bond motifs is 1. The maximum Gasteiger partial charge on any atom is 0.339 e. The van der Waals surface area contributed by atoms with Gasteiger partial charge in [-0.25, -0.2) is 20.4 Å². The number of phenols is 1. The second-order valence-corrected chi connectivity index (χ2v) is 18.2. The van der Waals surface area contributed by atoms with Crippen molar-refractivity contribution in [1.82, 2.24) is 35.6 Å². The number of hydrogen-bond donors (Lipinski definition) is 9. The Morgan fingerprint density at radius 2 is 1.62 bits per heavy atom. The fourth-order valence-corrected chi connectivity index (χ4v) is 9.73. The number of nitrogens with zero attached hydrogens (tertiary/aromatic N) is 6. The SMILES string of the molecule is Cc1cc(C[C@@H](NC(=O)N2CCC(N3Cc4ccccc4N(N)C3=O)CC2)C(=O)N[C@@H](CCCCN[C@H]2OC(CO)[C@H](O)C(O)[C@H]2O)C(=O)N2CCN(c3ccncc3)CC2)cc(Br)c1O. The van der Waals surface area contributed by atoms with Gasteiger partial charge in [0.25, 0.3) is 0 Å². The summed E-state index contributed by atoms with van der Waals surface area (Å²) in [5.41, 5.74) is 3.79. The molecule has 0 radical (unpaired) electrons. The Morgan fingerprint density at radius 1 is 0.909 bits per heavy atom. The number of anilines is 2. The molecule has 1 aromatic heterocycles. The van der Waals surface area contributed by atoms with E-state index in [4.69, 9.17) is 10.6 Å². The lowest BCUT2D eigenvalue weighted by Gasteiger charge is -2.42. The molecule has 3 aromatic rings. The van der Waals surface area contributed by atoms with Crippen molar-refractivity contribution in [3.63, 3.8) is 0 Å². The van der Waals surface area contributed by atoms with E-state index in [0.717, 1.165) is 16.3 Å². The lowest BCUT2D eigenvalue weighted by Crippen LogP contribution is -2.62. The smallest absolute Gasteiger partial charge is 0.339 e. The van der Waals surface area contributed by atoms with Gasteiger partial charge in [-0.3, -0.25) is 19.9 Å². The van der Waals surface area contributed by atoms with Crippen LogP contribution >= 0.6 is 15.9 Å². The topological polar surface area (TPSA) is 270 Å². The van der Waals surface area contributed by atoms with Crippen LogP contribution in [0.25, 0.3) is 0 Å². The minimum Gasteiger partial charge on any atom is -0.506 e. The molecule has 0 saturated carbocycles. The van der Waals surface area contributed by atoms with Crippen molar-refractivity contribution < 1.29 is 49.4 Å². The highest BCUT2D eigenvalue weighted by molar-refractivity contribution is 9.10. The van der Waals surface area contributed by atoms with Crippen LogP contribution in [0.3, 0.4) is 0 Å². The highest BCUT2D eigenvalue weighted by Crippen LogP contribution is 2.31. The standard InChI is InChI=1S/C45H61BrN10O10/c1-27-22-28(23-32(46)37(27)58)24-34(51-44(64)54-16-11-31(12-17-54)55-25-29-6-2-3-8-35(29)56(47)45(55)65)41(62)50-33(43(63)53-20-18-52(19-21-53)30-9-14-48-15-10-30)7-4-5-13-49-42-40(61)39(60)38(59)36(26-57)66-42/h2-3,6,8-10,14-15,22-23,31,33-34,36,38-40,42,49,57-61H,4-5,7,11-13,16-21,24-26,47H2,1H3,(H,50,62)(H,51,64)/t33-,34+,36?,38-,39?,40+,42-/m0/s1.